The van der Waals surface area contributed by atoms with Crippen molar-refractivity contribution >= 4 is 0 Å². The van der Waals surface area contributed by atoms with Gasteiger partial charge in [-0.3, -0.25) is 0 Å². The van der Waals surface area contributed by atoms with E-state index >= 15 is 0 Å². The first-order chi connectivity index (χ1) is 7.45. The van der Waals surface area contributed by atoms with Crippen molar-refractivity contribution in [2.75, 3.05) is 0 Å². The second-order valence-corrected chi connectivity index (χ2v) is 4.47. The fourth-order valence-corrected chi connectivity index (χ4v) is 1.45. The molecule has 0 amide bonds. The first kappa shape index (κ1) is 14.6. The standard InChI is InChI=1S/C12H20N4/c1-5-7-11(3,9-13)15-16-12(4,10-14)8-6-2/h5-8H2,1-4H3/b16-15+. The molecule has 0 aromatic carbocycles. The van der Waals surface area contributed by atoms with Crippen LogP contribution >= 0.6 is 0 Å². The van der Waals surface area contributed by atoms with Gasteiger partial charge >= 0.3 is 0 Å². The van der Waals surface area contributed by atoms with Crippen molar-refractivity contribution in [3.05, 3.63) is 0 Å². The number of nitriles is 2. The third-order valence-corrected chi connectivity index (χ3v) is 2.45. The van der Waals surface area contributed by atoms with Crippen LogP contribution in [0.3, 0.4) is 0 Å². The van der Waals surface area contributed by atoms with Crippen LogP contribution in [0.2, 0.25) is 0 Å². The van der Waals surface area contributed by atoms with Gasteiger partial charge in [0, 0.05) is 0 Å². The SMILES string of the molecule is CCCC(C)(C#N)/N=N/C(C)(C#N)CCC. The predicted octanol–water partition coefficient (Wildman–Crippen LogP) is 3.60. The molecule has 0 aliphatic rings. The maximum absolute atomic E-state index is 9.03. The Morgan fingerprint density at radius 3 is 1.38 bits per heavy atom. The van der Waals surface area contributed by atoms with Gasteiger partial charge in [0.2, 0.25) is 0 Å². The lowest BCUT2D eigenvalue weighted by molar-refractivity contribution is 0.446. The molecule has 2 unspecified atom stereocenters. The van der Waals surface area contributed by atoms with Crippen LogP contribution in [0.5, 0.6) is 0 Å². The second-order valence-electron chi connectivity index (χ2n) is 4.47. The van der Waals surface area contributed by atoms with E-state index in [4.69, 9.17) is 10.5 Å². The van der Waals surface area contributed by atoms with Crippen LogP contribution in [0.25, 0.3) is 0 Å². The molecule has 0 aliphatic carbocycles. The maximum atomic E-state index is 9.03. The van der Waals surface area contributed by atoms with E-state index in [2.05, 4.69) is 22.4 Å². The fourth-order valence-electron chi connectivity index (χ4n) is 1.45. The summed E-state index contributed by atoms with van der Waals surface area (Å²) in [5.74, 6) is 0. The van der Waals surface area contributed by atoms with Crippen LogP contribution in [0.15, 0.2) is 10.2 Å². The van der Waals surface area contributed by atoms with E-state index in [1.165, 1.54) is 0 Å². The summed E-state index contributed by atoms with van der Waals surface area (Å²) in [5.41, 5.74) is -1.58. The summed E-state index contributed by atoms with van der Waals surface area (Å²) in [7, 11) is 0. The van der Waals surface area contributed by atoms with Gasteiger partial charge < -0.3 is 0 Å². The Hall–Kier alpha value is -1.42. The molecule has 0 spiro atoms. The summed E-state index contributed by atoms with van der Waals surface area (Å²) in [6.45, 7) is 7.51. The van der Waals surface area contributed by atoms with Crippen molar-refractivity contribution < 1.29 is 0 Å². The first-order valence-electron chi connectivity index (χ1n) is 5.72. The molecule has 0 heterocycles. The minimum absolute atomic E-state index is 0.667. The molecule has 0 saturated carbocycles. The Kier molecular flexibility index (Phi) is 5.67. The average molecular weight is 220 g/mol. The molecule has 4 nitrogen and oxygen atoms in total. The molecule has 0 fully saturated rings. The van der Waals surface area contributed by atoms with Gasteiger partial charge in [0.25, 0.3) is 0 Å². The topological polar surface area (TPSA) is 72.3 Å². The summed E-state index contributed by atoms with van der Waals surface area (Å²) in [6, 6.07) is 4.30. The summed E-state index contributed by atoms with van der Waals surface area (Å²) in [5, 5.41) is 26.2. The Balaban J connectivity index is 4.80. The van der Waals surface area contributed by atoms with Crippen molar-refractivity contribution in [3.8, 4) is 12.1 Å². The van der Waals surface area contributed by atoms with Gasteiger partial charge in [-0.1, -0.05) is 26.7 Å². The lowest BCUT2D eigenvalue weighted by Crippen LogP contribution is -2.23. The van der Waals surface area contributed by atoms with Crippen molar-refractivity contribution in [1.29, 1.82) is 10.5 Å². The van der Waals surface area contributed by atoms with Crippen LogP contribution in [0.1, 0.15) is 53.4 Å². The van der Waals surface area contributed by atoms with E-state index in [0.29, 0.717) is 12.8 Å². The molecule has 2 atom stereocenters. The van der Waals surface area contributed by atoms with E-state index in [-0.39, 0.29) is 0 Å². The van der Waals surface area contributed by atoms with Gasteiger partial charge in [-0.25, -0.2) is 0 Å². The van der Waals surface area contributed by atoms with E-state index < -0.39 is 11.1 Å². The van der Waals surface area contributed by atoms with E-state index in [9.17, 15) is 0 Å². The highest BCUT2D eigenvalue weighted by Crippen LogP contribution is 2.22. The number of hydrogen-bond donors (Lipinski definition) is 0. The summed E-state index contributed by atoms with van der Waals surface area (Å²) in [6.07, 6.45) is 3.08. The monoisotopic (exact) mass is 220 g/mol. The highest BCUT2D eigenvalue weighted by Gasteiger charge is 2.26. The minimum atomic E-state index is -0.791. The van der Waals surface area contributed by atoms with Crippen molar-refractivity contribution in [1.82, 2.24) is 0 Å². The third kappa shape index (κ3) is 4.40. The zero-order valence-corrected chi connectivity index (χ0v) is 10.6. The number of hydrogen-bond acceptors (Lipinski definition) is 4. The Morgan fingerprint density at radius 2 is 1.19 bits per heavy atom. The van der Waals surface area contributed by atoms with Crippen molar-refractivity contribution in [2.45, 2.75) is 64.5 Å². The zero-order valence-electron chi connectivity index (χ0n) is 10.6. The molecule has 0 aromatic heterocycles. The normalized spacial score (nSPS) is 18.4. The largest absolute Gasteiger partial charge is 0.196 e. The molecular weight excluding hydrogens is 200 g/mol. The number of rotatable bonds is 6. The Morgan fingerprint density at radius 1 is 0.875 bits per heavy atom. The van der Waals surface area contributed by atoms with Crippen LogP contribution in [0, 0.1) is 22.7 Å². The lowest BCUT2D eigenvalue weighted by Gasteiger charge is -2.18. The highest BCUT2D eigenvalue weighted by atomic mass is 15.2. The van der Waals surface area contributed by atoms with Crippen LogP contribution in [0.4, 0.5) is 0 Å². The quantitative estimate of drug-likeness (QED) is 0.641. The van der Waals surface area contributed by atoms with E-state index in [0.717, 1.165) is 12.8 Å². The van der Waals surface area contributed by atoms with Gasteiger partial charge in [0.05, 0.1) is 12.1 Å². The number of azo groups is 1. The van der Waals surface area contributed by atoms with Gasteiger partial charge in [-0.05, 0) is 26.7 Å². The summed E-state index contributed by atoms with van der Waals surface area (Å²) >= 11 is 0. The molecule has 88 valence electrons. The van der Waals surface area contributed by atoms with E-state index in [1.807, 2.05) is 13.8 Å². The van der Waals surface area contributed by atoms with Crippen molar-refractivity contribution in [2.24, 2.45) is 10.2 Å². The molecule has 0 radical (unpaired) electrons. The summed E-state index contributed by atoms with van der Waals surface area (Å²) < 4.78 is 0. The smallest absolute Gasteiger partial charge is 0.164 e. The van der Waals surface area contributed by atoms with Gasteiger partial charge in [0.15, 0.2) is 11.1 Å². The maximum Gasteiger partial charge on any atom is 0.164 e. The van der Waals surface area contributed by atoms with Gasteiger partial charge in [0.1, 0.15) is 0 Å². The third-order valence-electron chi connectivity index (χ3n) is 2.45. The van der Waals surface area contributed by atoms with Gasteiger partial charge in [-0.15, -0.1) is 0 Å². The van der Waals surface area contributed by atoms with Gasteiger partial charge in [-0.2, -0.15) is 20.8 Å². The molecule has 16 heavy (non-hydrogen) atoms. The summed E-state index contributed by atoms with van der Waals surface area (Å²) in [4.78, 5) is 0. The Bertz CT molecular complexity index is 291. The van der Waals surface area contributed by atoms with Crippen LogP contribution in [-0.2, 0) is 0 Å². The molecule has 0 saturated heterocycles. The minimum Gasteiger partial charge on any atom is -0.196 e. The molecular formula is C12H20N4. The average Bonchev–Trinajstić information content (AvgIpc) is 2.27. The molecule has 0 aliphatic heterocycles. The Labute approximate surface area is 98.0 Å². The number of nitrogens with zero attached hydrogens (tertiary/aromatic N) is 4. The highest BCUT2D eigenvalue weighted by molar-refractivity contribution is 5.06. The van der Waals surface area contributed by atoms with Crippen LogP contribution < -0.4 is 0 Å². The zero-order chi connectivity index (χ0) is 12.7. The molecule has 4 heteroatoms. The molecule has 0 bridgehead atoms. The molecule has 0 rings (SSSR count). The molecule has 0 N–H and O–H groups in total. The lowest BCUT2D eigenvalue weighted by atomic mass is 9.98. The van der Waals surface area contributed by atoms with Crippen LogP contribution in [-0.4, -0.2) is 11.1 Å². The van der Waals surface area contributed by atoms with Crippen molar-refractivity contribution in [3.63, 3.8) is 0 Å². The first-order valence-corrected chi connectivity index (χ1v) is 5.72. The predicted molar refractivity (Wildman–Crippen MR) is 62.7 cm³/mol. The van der Waals surface area contributed by atoms with E-state index in [1.54, 1.807) is 13.8 Å². The fraction of sp³-hybridized carbons (Fsp3) is 0.833. The second kappa shape index (κ2) is 6.23. The molecule has 0 aromatic rings.